The van der Waals surface area contributed by atoms with Gasteiger partial charge < -0.3 is 20.4 Å². The van der Waals surface area contributed by atoms with E-state index in [0.717, 1.165) is 47.9 Å². The van der Waals surface area contributed by atoms with E-state index in [0.29, 0.717) is 0 Å². The van der Waals surface area contributed by atoms with Crippen molar-refractivity contribution in [2.24, 2.45) is 11.8 Å². The molecule has 0 aromatic heterocycles. The van der Waals surface area contributed by atoms with E-state index in [1.807, 2.05) is 6.07 Å². The fraction of sp³-hybridized carbons (Fsp3) is 0.556. The van der Waals surface area contributed by atoms with Gasteiger partial charge >= 0.3 is 0 Å². The minimum absolute atomic E-state index is 0.00725. The summed E-state index contributed by atoms with van der Waals surface area (Å²) in [6.07, 6.45) is 3.52. The molecule has 3 atom stereocenters. The van der Waals surface area contributed by atoms with Gasteiger partial charge in [0.25, 0.3) is 0 Å². The molecular weight excluding hydrogens is 388 g/mol. The molecule has 0 bridgehead atoms. The van der Waals surface area contributed by atoms with Gasteiger partial charge in [-0.05, 0) is 77.8 Å². The third-order valence-electron chi connectivity index (χ3n) is 9.74. The number of phenolic OH excluding ortho intramolecular Hbond substituents is 4. The number of hydrogen-bond donors (Lipinski definition) is 4. The van der Waals surface area contributed by atoms with Crippen molar-refractivity contribution < 1.29 is 20.4 Å². The van der Waals surface area contributed by atoms with Crippen LogP contribution in [0.5, 0.6) is 23.0 Å². The van der Waals surface area contributed by atoms with Crippen LogP contribution in [0.2, 0.25) is 0 Å². The number of fused-ring (bicyclic) bond motifs is 4. The van der Waals surface area contributed by atoms with Gasteiger partial charge in [0.05, 0.1) is 0 Å². The second-order valence-electron chi connectivity index (χ2n) is 9.78. The fourth-order valence-corrected chi connectivity index (χ4v) is 7.99. The zero-order valence-corrected chi connectivity index (χ0v) is 19.6. The molecule has 2 aromatic rings. The molecule has 0 amide bonds. The number of hydrogen-bond acceptors (Lipinski definition) is 4. The smallest absolute Gasteiger partial charge is 0.161 e. The molecule has 0 aliphatic heterocycles. The van der Waals surface area contributed by atoms with Crippen molar-refractivity contribution in [3.63, 3.8) is 0 Å². The predicted octanol–water partition coefficient (Wildman–Crippen LogP) is 6.21. The average molecular weight is 425 g/mol. The van der Waals surface area contributed by atoms with Gasteiger partial charge in [-0.15, -0.1) is 0 Å². The van der Waals surface area contributed by atoms with Crippen molar-refractivity contribution in [3.05, 3.63) is 46.5 Å². The number of benzene rings is 2. The van der Waals surface area contributed by atoms with E-state index in [1.54, 1.807) is 18.2 Å². The second kappa shape index (κ2) is 6.82. The first-order chi connectivity index (χ1) is 14.6. The van der Waals surface area contributed by atoms with Crippen LogP contribution >= 0.6 is 0 Å². The highest BCUT2D eigenvalue weighted by atomic mass is 16.3. The third kappa shape index (κ3) is 2.21. The van der Waals surface area contributed by atoms with Gasteiger partial charge in [-0.2, -0.15) is 0 Å². The molecule has 0 radical (unpaired) electrons. The Morgan fingerprint density at radius 2 is 1.13 bits per heavy atom. The summed E-state index contributed by atoms with van der Waals surface area (Å²) in [4.78, 5) is 0. The first-order valence-corrected chi connectivity index (χ1v) is 11.8. The van der Waals surface area contributed by atoms with Gasteiger partial charge in [0.1, 0.15) is 0 Å². The third-order valence-corrected chi connectivity index (χ3v) is 9.74. The van der Waals surface area contributed by atoms with Crippen molar-refractivity contribution >= 4 is 0 Å². The summed E-state index contributed by atoms with van der Waals surface area (Å²) in [5, 5.41) is 42.6. The maximum Gasteiger partial charge on any atom is 0.161 e. The van der Waals surface area contributed by atoms with Crippen LogP contribution in [-0.4, -0.2) is 20.4 Å². The van der Waals surface area contributed by atoms with E-state index in [1.165, 1.54) is 0 Å². The van der Waals surface area contributed by atoms with Gasteiger partial charge in [-0.25, -0.2) is 0 Å². The maximum absolute atomic E-state index is 11.1. The van der Waals surface area contributed by atoms with Crippen molar-refractivity contribution in [3.8, 4) is 23.0 Å². The van der Waals surface area contributed by atoms with E-state index < -0.39 is 5.41 Å². The normalized spacial score (nSPS) is 27.4. The minimum atomic E-state index is -0.431. The van der Waals surface area contributed by atoms with E-state index >= 15 is 0 Å². The van der Waals surface area contributed by atoms with Crippen molar-refractivity contribution in [2.45, 2.75) is 83.5 Å². The molecule has 3 unspecified atom stereocenters. The van der Waals surface area contributed by atoms with Crippen LogP contribution in [0.25, 0.3) is 0 Å². The van der Waals surface area contributed by atoms with Crippen molar-refractivity contribution in [1.82, 2.24) is 0 Å². The van der Waals surface area contributed by atoms with Crippen LogP contribution in [0.1, 0.15) is 89.5 Å². The first kappa shape index (κ1) is 21.9. The zero-order chi connectivity index (χ0) is 22.9. The molecule has 31 heavy (non-hydrogen) atoms. The van der Waals surface area contributed by atoms with E-state index in [2.05, 4.69) is 41.5 Å². The lowest BCUT2D eigenvalue weighted by Gasteiger charge is -2.46. The van der Waals surface area contributed by atoms with Crippen molar-refractivity contribution in [1.29, 1.82) is 0 Å². The lowest BCUT2D eigenvalue weighted by molar-refractivity contribution is 0.129. The molecule has 0 fully saturated rings. The van der Waals surface area contributed by atoms with E-state index in [4.69, 9.17) is 0 Å². The standard InChI is InChI=1S/C27H36O4/c1-7-25(8-2)15(5)27(19-14-22(30)21(29)13-18(19)25)16(6)26(9-3,10-4)23-17(27)11-12-20(28)24(23)31/h11-16,28-31H,7-10H2,1-6H3. The molecule has 0 heterocycles. The molecule has 0 saturated carbocycles. The number of phenols is 4. The molecule has 0 saturated heterocycles. The Morgan fingerprint density at radius 1 is 0.645 bits per heavy atom. The Kier molecular flexibility index (Phi) is 4.81. The molecule has 1 spiro atoms. The maximum atomic E-state index is 11.1. The molecule has 168 valence electrons. The van der Waals surface area contributed by atoms with Crippen LogP contribution in [-0.2, 0) is 16.2 Å². The number of rotatable bonds is 4. The highest BCUT2D eigenvalue weighted by Gasteiger charge is 2.67. The molecule has 2 aliphatic rings. The lowest BCUT2D eigenvalue weighted by atomic mass is 9.57. The van der Waals surface area contributed by atoms with Gasteiger partial charge in [-0.1, -0.05) is 47.6 Å². The molecule has 4 heteroatoms. The quantitative estimate of drug-likeness (QED) is 0.440. The summed E-state index contributed by atoms with van der Waals surface area (Å²) in [5.41, 5.74) is 3.19. The summed E-state index contributed by atoms with van der Waals surface area (Å²) in [5.74, 6) is 0.0545. The largest absolute Gasteiger partial charge is 0.504 e. The SMILES string of the molecule is CCC1(CC)c2cc(O)c(O)cc2C2(c3ccc(O)c(O)c3C(CC)(CC)C2C)C1C. The van der Waals surface area contributed by atoms with E-state index in [-0.39, 0.29) is 45.7 Å². The van der Waals surface area contributed by atoms with Crippen LogP contribution < -0.4 is 0 Å². The molecule has 4 rings (SSSR count). The second-order valence-corrected chi connectivity index (χ2v) is 9.78. The average Bonchev–Trinajstić information content (AvgIpc) is 3.11. The van der Waals surface area contributed by atoms with Crippen LogP contribution in [0, 0.1) is 11.8 Å². The van der Waals surface area contributed by atoms with Gasteiger partial charge in [-0.3, -0.25) is 0 Å². The fourth-order valence-electron chi connectivity index (χ4n) is 7.99. The molecule has 2 aromatic carbocycles. The topological polar surface area (TPSA) is 80.9 Å². The van der Waals surface area contributed by atoms with Gasteiger partial charge in [0.15, 0.2) is 23.0 Å². The Hall–Kier alpha value is -2.36. The van der Waals surface area contributed by atoms with Gasteiger partial charge in [0.2, 0.25) is 0 Å². The minimum Gasteiger partial charge on any atom is -0.504 e. The highest BCUT2D eigenvalue weighted by molar-refractivity contribution is 5.69. The summed E-state index contributed by atoms with van der Waals surface area (Å²) < 4.78 is 0. The summed E-state index contributed by atoms with van der Waals surface area (Å²) >= 11 is 0. The Morgan fingerprint density at radius 3 is 1.65 bits per heavy atom. The van der Waals surface area contributed by atoms with Crippen LogP contribution in [0.15, 0.2) is 24.3 Å². The Balaban J connectivity index is 2.21. The van der Waals surface area contributed by atoms with Crippen molar-refractivity contribution in [2.75, 3.05) is 0 Å². The zero-order valence-electron chi connectivity index (χ0n) is 19.6. The summed E-state index contributed by atoms with van der Waals surface area (Å²) in [6, 6.07) is 7.13. The molecular formula is C27H36O4. The molecule has 2 aliphatic carbocycles. The summed E-state index contributed by atoms with van der Waals surface area (Å²) in [7, 11) is 0. The molecule has 4 N–H and O–H groups in total. The number of aromatic hydroxyl groups is 4. The monoisotopic (exact) mass is 424 g/mol. The van der Waals surface area contributed by atoms with Crippen LogP contribution in [0.3, 0.4) is 0 Å². The Bertz CT molecular complexity index is 1030. The highest BCUT2D eigenvalue weighted by Crippen LogP contribution is 2.72. The Labute approximate surface area is 185 Å². The first-order valence-electron chi connectivity index (χ1n) is 11.8. The van der Waals surface area contributed by atoms with E-state index in [9.17, 15) is 20.4 Å². The lowest BCUT2D eigenvalue weighted by Crippen LogP contribution is -2.45. The van der Waals surface area contributed by atoms with Crippen LogP contribution in [0.4, 0.5) is 0 Å². The van der Waals surface area contributed by atoms with Gasteiger partial charge in [0, 0.05) is 16.4 Å². The predicted molar refractivity (Wildman–Crippen MR) is 123 cm³/mol. The summed E-state index contributed by atoms with van der Waals surface area (Å²) in [6.45, 7) is 13.3. The molecule has 4 nitrogen and oxygen atoms in total.